The zero-order valence-corrected chi connectivity index (χ0v) is 8.95. The maximum atomic E-state index is 11.2. The van der Waals surface area contributed by atoms with Crippen molar-refractivity contribution < 1.29 is 13.9 Å². The average molecular weight is 212 g/mol. The summed E-state index contributed by atoms with van der Waals surface area (Å²) in [5, 5.41) is 0. The summed E-state index contributed by atoms with van der Waals surface area (Å²) in [5.41, 5.74) is 2.73. The SMILES string of the molecule is CCC(C)OCc1ccoc1C(=O)NN. The van der Waals surface area contributed by atoms with Gasteiger partial charge in [0.15, 0.2) is 5.76 Å². The molecular weight excluding hydrogens is 196 g/mol. The third-order valence-electron chi connectivity index (χ3n) is 2.18. The molecule has 1 atom stereocenters. The first kappa shape index (κ1) is 11.7. The molecule has 0 saturated carbocycles. The Balaban J connectivity index is 2.61. The third-order valence-corrected chi connectivity index (χ3v) is 2.18. The van der Waals surface area contributed by atoms with Crippen molar-refractivity contribution in [1.82, 2.24) is 5.43 Å². The van der Waals surface area contributed by atoms with E-state index in [1.165, 1.54) is 6.26 Å². The lowest BCUT2D eigenvalue weighted by Gasteiger charge is -2.09. The van der Waals surface area contributed by atoms with E-state index in [2.05, 4.69) is 0 Å². The minimum Gasteiger partial charge on any atom is -0.459 e. The number of carbonyl (C=O) groups excluding carboxylic acids is 1. The lowest BCUT2D eigenvalue weighted by atomic mass is 10.2. The standard InChI is InChI=1S/C10H16N2O3/c1-3-7(2)15-6-8-4-5-14-9(8)10(13)12-11/h4-5,7H,3,6,11H2,1-2H3,(H,12,13). The van der Waals surface area contributed by atoms with Crippen LogP contribution in [0.1, 0.15) is 36.4 Å². The summed E-state index contributed by atoms with van der Waals surface area (Å²) in [4.78, 5) is 11.2. The molecule has 3 N–H and O–H groups in total. The van der Waals surface area contributed by atoms with Crippen LogP contribution >= 0.6 is 0 Å². The van der Waals surface area contributed by atoms with Crippen LogP contribution in [0.15, 0.2) is 16.7 Å². The first-order valence-electron chi connectivity index (χ1n) is 4.88. The van der Waals surface area contributed by atoms with E-state index in [1.54, 1.807) is 6.07 Å². The van der Waals surface area contributed by atoms with E-state index in [-0.39, 0.29) is 11.9 Å². The molecule has 1 aromatic rings. The van der Waals surface area contributed by atoms with Crippen molar-refractivity contribution in [1.29, 1.82) is 0 Å². The Hall–Kier alpha value is -1.33. The van der Waals surface area contributed by atoms with Crippen LogP contribution in [0.5, 0.6) is 0 Å². The topological polar surface area (TPSA) is 77.5 Å². The number of amides is 1. The first-order valence-corrected chi connectivity index (χ1v) is 4.88. The van der Waals surface area contributed by atoms with Gasteiger partial charge in [-0.2, -0.15) is 0 Å². The number of hydrazine groups is 1. The molecule has 1 amide bonds. The molecule has 1 rings (SSSR count). The second-order valence-corrected chi connectivity index (χ2v) is 3.28. The van der Waals surface area contributed by atoms with Gasteiger partial charge in [0.1, 0.15) is 0 Å². The van der Waals surface area contributed by atoms with Gasteiger partial charge in [0.25, 0.3) is 0 Å². The molecule has 0 fully saturated rings. The van der Waals surface area contributed by atoms with E-state index in [0.717, 1.165) is 6.42 Å². The van der Waals surface area contributed by atoms with Gasteiger partial charge in [-0.25, -0.2) is 5.84 Å². The molecule has 1 heterocycles. The number of carbonyl (C=O) groups is 1. The predicted octanol–water partition coefficient (Wildman–Crippen LogP) is 1.20. The summed E-state index contributed by atoms with van der Waals surface area (Å²) in [7, 11) is 0. The van der Waals surface area contributed by atoms with Gasteiger partial charge in [-0.3, -0.25) is 10.2 Å². The molecule has 0 spiro atoms. The maximum Gasteiger partial charge on any atom is 0.301 e. The van der Waals surface area contributed by atoms with Crippen LogP contribution in [0.3, 0.4) is 0 Å². The first-order chi connectivity index (χ1) is 7.19. The molecule has 0 aliphatic heterocycles. The monoisotopic (exact) mass is 212 g/mol. The van der Waals surface area contributed by atoms with Gasteiger partial charge in [-0.1, -0.05) is 6.92 Å². The Kier molecular flexibility index (Phi) is 4.33. The van der Waals surface area contributed by atoms with Crippen LogP contribution in [0, 0.1) is 0 Å². The molecule has 5 heteroatoms. The Morgan fingerprint density at radius 3 is 3.07 bits per heavy atom. The second kappa shape index (κ2) is 5.53. The van der Waals surface area contributed by atoms with Crippen molar-refractivity contribution in [3.05, 3.63) is 23.7 Å². The molecular formula is C10H16N2O3. The van der Waals surface area contributed by atoms with E-state index >= 15 is 0 Å². The van der Waals surface area contributed by atoms with Gasteiger partial charge >= 0.3 is 5.91 Å². The van der Waals surface area contributed by atoms with Gasteiger partial charge < -0.3 is 9.15 Å². The molecule has 0 radical (unpaired) electrons. The lowest BCUT2D eigenvalue weighted by Crippen LogP contribution is -2.30. The molecule has 1 unspecified atom stereocenters. The van der Waals surface area contributed by atoms with Crippen molar-refractivity contribution in [2.24, 2.45) is 5.84 Å². The fourth-order valence-electron chi connectivity index (χ4n) is 1.06. The number of nitrogens with two attached hydrogens (primary N) is 1. The van der Waals surface area contributed by atoms with Gasteiger partial charge in [-0.15, -0.1) is 0 Å². The van der Waals surface area contributed by atoms with Crippen LogP contribution in [-0.4, -0.2) is 12.0 Å². The molecule has 0 aliphatic rings. The molecule has 0 aromatic carbocycles. The van der Waals surface area contributed by atoms with E-state index in [0.29, 0.717) is 12.2 Å². The van der Waals surface area contributed by atoms with E-state index in [1.807, 2.05) is 19.3 Å². The zero-order valence-electron chi connectivity index (χ0n) is 8.95. The molecule has 0 aliphatic carbocycles. The maximum absolute atomic E-state index is 11.2. The van der Waals surface area contributed by atoms with Crippen LogP contribution in [0.4, 0.5) is 0 Å². The average Bonchev–Trinajstić information content (AvgIpc) is 2.72. The van der Waals surface area contributed by atoms with Crippen LogP contribution in [0.2, 0.25) is 0 Å². The highest BCUT2D eigenvalue weighted by molar-refractivity contribution is 5.92. The van der Waals surface area contributed by atoms with Crippen molar-refractivity contribution in [2.45, 2.75) is 33.0 Å². The van der Waals surface area contributed by atoms with E-state index in [4.69, 9.17) is 15.0 Å². The Labute approximate surface area is 88.6 Å². The van der Waals surface area contributed by atoms with Gasteiger partial charge in [0.2, 0.25) is 0 Å². The van der Waals surface area contributed by atoms with E-state index < -0.39 is 5.91 Å². The fourth-order valence-corrected chi connectivity index (χ4v) is 1.06. The lowest BCUT2D eigenvalue weighted by molar-refractivity contribution is 0.0495. The molecule has 0 saturated heterocycles. The molecule has 0 bridgehead atoms. The molecule has 15 heavy (non-hydrogen) atoms. The summed E-state index contributed by atoms with van der Waals surface area (Å²) < 4.78 is 10.5. The van der Waals surface area contributed by atoms with Gasteiger partial charge in [0, 0.05) is 5.56 Å². The van der Waals surface area contributed by atoms with Crippen molar-refractivity contribution in [2.75, 3.05) is 0 Å². The number of rotatable bonds is 5. The molecule has 1 aromatic heterocycles. The Morgan fingerprint density at radius 1 is 1.73 bits per heavy atom. The largest absolute Gasteiger partial charge is 0.459 e. The highest BCUT2D eigenvalue weighted by Gasteiger charge is 2.14. The summed E-state index contributed by atoms with van der Waals surface area (Å²) in [6, 6.07) is 1.70. The number of ether oxygens (including phenoxy) is 1. The normalized spacial score (nSPS) is 12.5. The van der Waals surface area contributed by atoms with Crippen molar-refractivity contribution >= 4 is 5.91 Å². The summed E-state index contributed by atoms with van der Waals surface area (Å²) in [6.45, 7) is 4.37. The highest BCUT2D eigenvalue weighted by atomic mass is 16.5. The third kappa shape index (κ3) is 3.07. The number of furan rings is 1. The Bertz CT molecular complexity index is 322. The Morgan fingerprint density at radius 2 is 2.47 bits per heavy atom. The van der Waals surface area contributed by atoms with Crippen LogP contribution in [0.25, 0.3) is 0 Å². The van der Waals surface area contributed by atoms with Crippen molar-refractivity contribution in [3.8, 4) is 0 Å². The minimum atomic E-state index is -0.442. The quantitative estimate of drug-likeness (QED) is 0.436. The summed E-state index contributed by atoms with van der Waals surface area (Å²) in [5.74, 6) is 4.78. The second-order valence-electron chi connectivity index (χ2n) is 3.28. The number of hydrogen-bond acceptors (Lipinski definition) is 4. The summed E-state index contributed by atoms with van der Waals surface area (Å²) >= 11 is 0. The van der Waals surface area contributed by atoms with Crippen LogP contribution in [-0.2, 0) is 11.3 Å². The smallest absolute Gasteiger partial charge is 0.301 e. The number of nitrogen functional groups attached to an aromatic ring is 1. The van der Waals surface area contributed by atoms with E-state index in [9.17, 15) is 4.79 Å². The molecule has 84 valence electrons. The summed E-state index contributed by atoms with van der Waals surface area (Å²) in [6.07, 6.45) is 2.53. The van der Waals surface area contributed by atoms with Crippen LogP contribution < -0.4 is 11.3 Å². The predicted molar refractivity (Wildman–Crippen MR) is 54.9 cm³/mol. The fraction of sp³-hybridized carbons (Fsp3) is 0.500. The molecule has 5 nitrogen and oxygen atoms in total. The zero-order chi connectivity index (χ0) is 11.3. The van der Waals surface area contributed by atoms with Gasteiger partial charge in [0.05, 0.1) is 19.0 Å². The van der Waals surface area contributed by atoms with Crippen molar-refractivity contribution in [3.63, 3.8) is 0 Å². The number of hydrogen-bond donors (Lipinski definition) is 2. The van der Waals surface area contributed by atoms with Gasteiger partial charge in [-0.05, 0) is 19.4 Å². The number of nitrogens with one attached hydrogen (secondary N) is 1. The highest BCUT2D eigenvalue weighted by Crippen LogP contribution is 2.13. The minimum absolute atomic E-state index is 0.161.